The third-order valence-corrected chi connectivity index (χ3v) is 3.97. The van der Waals surface area contributed by atoms with Crippen LogP contribution >= 0.6 is 31.9 Å². The number of halogens is 2. The third-order valence-electron chi connectivity index (χ3n) is 2.79. The third kappa shape index (κ3) is 5.13. The molecule has 0 radical (unpaired) electrons. The number of nitrogens with zero attached hydrogens (tertiary/aromatic N) is 1. The Labute approximate surface area is 141 Å². The topological polar surface area (TPSA) is 47.3 Å². The second kappa shape index (κ2) is 7.96. The molecule has 21 heavy (non-hydrogen) atoms. The molecule has 0 amide bonds. The lowest BCUT2D eigenvalue weighted by atomic mass is 10.2. The van der Waals surface area contributed by atoms with Crippen LogP contribution in [0.15, 0.2) is 37.9 Å². The van der Waals surface area contributed by atoms with E-state index in [-0.39, 0.29) is 0 Å². The smallest absolute Gasteiger partial charge is 0.174 e. The Balaban J connectivity index is 1.99. The molecule has 0 fully saturated rings. The zero-order chi connectivity index (χ0) is 15.2. The Morgan fingerprint density at radius 2 is 2.00 bits per heavy atom. The van der Waals surface area contributed by atoms with Crippen LogP contribution in [0, 0.1) is 5.92 Å². The van der Waals surface area contributed by atoms with Crippen molar-refractivity contribution in [2.45, 2.75) is 27.0 Å². The molecule has 2 rings (SSSR count). The summed E-state index contributed by atoms with van der Waals surface area (Å²) in [6.45, 7) is 6.57. The average molecular weight is 418 g/mol. The van der Waals surface area contributed by atoms with E-state index >= 15 is 0 Å². The minimum absolute atomic E-state index is 0.349. The molecular weight excluding hydrogens is 400 g/mol. The number of aromatic nitrogens is 1. The van der Waals surface area contributed by atoms with Gasteiger partial charge in [0, 0.05) is 12.6 Å². The molecule has 0 spiro atoms. The van der Waals surface area contributed by atoms with Crippen molar-refractivity contribution in [1.29, 1.82) is 0 Å². The molecule has 6 heteroatoms. The summed E-state index contributed by atoms with van der Waals surface area (Å²) in [5.41, 5.74) is 1.20. The number of rotatable bonds is 7. The number of benzene rings is 1. The Morgan fingerprint density at radius 3 is 2.57 bits per heavy atom. The Kier molecular flexibility index (Phi) is 6.26. The van der Waals surface area contributed by atoms with Gasteiger partial charge in [0.25, 0.3) is 0 Å². The number of ether oxygens (including phenoxy) is 1. The predicted molar refractivity (Wildman–Crippen MR) is 89.2 cm³/mol. The minimum Gasteiger partial charge on any atom is -0.483 e. The molecule has 1 heterocycles. The highest BCUT2D eigenvalue weighted by Gasteiger charge is 2.10. The minimum atomic E-state index is 0.349. The van der Waals surface area contributed by atoms with Crippen molar-refractivity contribution in [3.05, 3.63) is 44.7 Å². The van der Waals surface area contributed by atoms with Crippen molar-refractivity contribution in [2.24, 2.45) is 5.92 Å². The highest BCUT2D eigenvalue weighted by molar-refractivity contribution is 9.11. The Morgan fingerprint density at radius 1 is 1.29 bits per heavy atom. The van der Waals surface area contributed by atoms with Gasteiger partial charge in [0.1, 0.15) is 12.4 Å². The van der Waals surface area contributed by atoms with Gasteiger partial charge in [0.05, 0.1) is 15.1 Å². The van der Waals surface area contributed by atoms with Gasteiger partial charge in [0.15, 0.2) is 5.76 Å². The average Bonchev–Trinajstić information content (AvgIpc) is 2.90. The van der Waals surface area contributed by atoms with Crippen molar-refractivity contribution in [1.82, 2.24) is 10.5 Å². The normalized spacial score (nSPS) is 11.1. The first-order chi connectivity index (χ1) is 10.1. The van der Waals surface area contributed by atoms with Gasteiger partial charge in [0.2, 0.25) is 0 Å². The van der Waals surface area contributed by atoms with Crippen LogP contribution in [0.1, 0.15) is 25.2 Å². The summed E-state index contributed by atoms with van der Waals surface area (Å²) in [6.07, 6.45) is 1.60. The first-order valence-electron chi connectivity index (χ1n) is 6.77. The van der Waals surface area contributed by atoms with E-state index in [1.807, 2.05) is 0 Å². The molecule has 114 valence electrons. The largest absolute Gasteiger partial charge is 0.483 e. The van der Waals surface area contributed by atoms with E-state index in [2.05, 4.69) is 68.3 Å². The van der Waals surface area contributed by atoms with Gasteiger partial charge in [-0.25, -0.2) is 0 Å². The quantitative estimate of drug-likeness (QED) is 0.719. The van der Waals surface area contributed by atoms with Gasteiger partial charge in [-0.05, 0) is 62.0 Å². The second-order valence-corrected chi connectivity index (χ2v) is 6.89. The van der Waals surface area contributed by atoms with Gasteiger partial charge in [-0.3, -0.25) is 0 Å². The molecule has 0 atom stereocenters. The lowest BCUT2D eigenvalue weighted by Crippen LogP contribution is -2.19. The zero-order valence-electron chi connectivity index (χ0n) is 12.0. The molecule has 4 nitrogen and oxygen atoms in total. The maximum Gasteiger partial charge on any atom is 0.174 e. The second-order valence-electron chi connectivity index (χ2n) is 5.18. The van der Waals surface area contributed by atoms with E-state index in [4.69, 9.17) is 9.26 Å². The molecule has 1 aromatic carbocycles. The number of hydrogen-bond donors (Lipinski definition) is 1. The first-order valence-corrected chi connectivity index (χ1v) is 8.36. The predicted octanol–water partition coefficient (Wildman–Crippen LogP) is 4.52. The van der Waals surface area contributed by atoms with Gasteiger partial charge >= 0.3 is 0 Å². The van der Waals surface area contributed by atoms with Crippen molar-refractivity contribution in [2.75, 3.05) is 6.54 Å². The van der Waals surface area contributed by atoms with E-state index in [9.17, 15) is 0 Å². The fourth-order valence-electron chi connectivity index (χ4n) is 1.82. The molecule has 0 saturated heterocycles. The van der Waals surface area contributed by atoms with E-state index in [1.165, 1.54) is 5.56 Å². The Hall–Kier alpha value is -0.850. The summed E-state index contributed by atoms with van der Waals surface area (Å²) in [5, 5.41) is 7.08. The fraction of sp³-hybridized carbons (Fsp3) is 0.400. The van der Waals surface area contributed by atoms with E-state index in [1.54, 1.807) is 12.3 Å². The Bertz CT molecular complexity index is 548. The highest BCUT2D eigenvalue weighted by atomic mass is 79.9. The summed E-state index contributed by atoms with van der Waals surface area (Å²) >= 11 is 7.11. The molecule has 0 saturated carbocycles. The molecule has 0 bridgehead atoms. The molecule has 2 aromatic rings. The summed E-state index contributed by atoms with van der Waals surface area (Å²) in [6, 6.07) is 5.91. The van der Waals surface area contributed by atoms with Crippen LogP contribution in [0.4, 0.5) is 0 Å². The lowest BCUT2D eigenvalue weighted by Gasteiger charge is -2.12. The summed E-state index contributed by atoms with van der Waals surface area (Å²) in [7, 11) is 0. The number of nitrogens with one attached hydrogen (secondary N) is 1. The molecule has 0 unspecified atom stereocenters. The van der Waals surface area contributed by atoms with Gasteiger partial charge in [-0.15, -0.1) is 0 Å². The van der Waals surface area contributed by atoms with E-state index < -0.39 is 0 Å². The van der Waals surface area contributed by atoms with Crippen molar-refractivity contribution < 1.29 is 9.26 Å². The van der Waals surface area contributed by atoms with Crippen LogP contribution in [0.25, 0.3) is 0 Å². The molecule has 1 aromatic heterocycles. The summed E-state index contributed by atoms with van der Waals surface area (Å²) in [5.74, 6) is 2.09. The SMILES string of the molecule is CC(C)CNCc1cc(Br)c(OCc2ccno2)c(Br)c1. The van der Waals surface area contributed by atoms with Crippen molar-refractivity contribution in [3.63, 3.8) is 0 Å². The lowest BCUT2D eigenvalue weighted by molar-refractivity contribution is 0.247. The van der Waals surface area contributed by atoms with Crippen LogP contribution in [0.3, 0.4) is 0 Å². The van der Waals surface area contributed by atoms with Crippen molar-refractivity contribution >= 4 is 31.9 Å². The van der Waals surface area contributed by atoms with Crippen LogP contribution < -0.4 is 10.1 Å². The van der Waals surface area contributed by atoms with Gasteiger partial charge in [-0.2, -0.15) is 0 Å². The highest BCUT2D eigenvalue weighted by Crippen LogP contribution is 2.35. The van der Waals surface area contributed by atoms with Crippen molar-refractivity contribution in [3.8, 4) is 5.75 Å². The monoisotopic (exact) mass is 416 g/mol. The van der Waals surface area contributed by atoms with Crippen LogP contribution in [0.5, 0.6) is 5.75 Å². The van der Waals surface area contributed by atoms with Crippen LogP contribution in [-0.2, 0) is 13.2 Å². The van der Waals surface area contributed by atoms with Gasteiger partial charge in [-0.1, -0.05) is 19.0 Å². The number of hydrogen-bond acceptors (Lipinski definition) is 4. The molecule has 1 N–H and O–H groups in total. The zero-order valence-corrected chi connectivity index (χ0v) is 15.2. The van der Waals surface area contributed by atoms with Crippen LogP contribution in [0.2, 0.25) is 0 Å². The maximum absolute atomic E-state index is 5.76. The molecule has 0 aliphatic carbocycles. The standard InChI is InChI=1S/C15H18Br2N2O2/c1-10(2)7-18-8-11-5-13(16)15(14(17)6-11)20-9-12-3-4-19-21-12/h3-6,10,18H,7-9H2,1-2H3. The first kappa shape index (κ1) is 16.5. The molecule has 0 aliphatic rings. The molecular formula is C15H18Br2N2O2. The van der Waals surface area contributed by atoms with E-state index in [0.29, 0.717) is 18.3 Å². The summed E-state index contributed by atoms with van der Waals surface area (Å²) < 4.78 is 12.6. The maximum atomic E-state index is 5.76. The van der Waals surface area contributed by atoms with E-state index in [0.717, 1.165) is 27.8 Å². The summed E-state index contributed by atoms with van der Waals surface area (Å²) in [4.78, 5) is 0. The molecule has 0 aliphatic heterocycles. The van der Waals surface area contributed by atoms with Crippen LogP contribution in [-0.4, -0.2) is 11.7 Å². The van der Waals surface area contributed by atoms with Gasteiger partial charge < -0.3 is 14.6 Å². The fourth-order valence-corrected chi connectivity index (χ4v) is 3.33.